The summed E-state index contributed by atoms with van der Waals surface area (Å²) in [4.78, 5) is 12.9. The lowest BCUT2D eigenvalue weighted by Gasteiger charge is -2.50. The Bertz CT molecular complexity index is 925. The lowest BCUT2D eigenvalue weighted by Crippen LogP contribution is -2.60. The van der Waals surface area contributed by atoms with Gasteiger partial charge >= 0.3 is 5.97 Å². The zero-order valence-electron chi connectivity index (χ0n) is 19.2. The summed E-state index contributed by atoms with van der Waals surface area (Å²) in [6, 6.07) is 8.30. The van der Waals surface area contributed by atoms with Crippen LogP contribution in [0.4, 0.5) is 0 Å². The summed E-state index contributed by atoms with van der Waals surface area (Å²) >= 11 is 0. The second kappa shape index (κ2) is 7.83. The van der Waals surface area contributed by atoms with Crippen LogP contribution < -0.4 is 0 Å². The van der Waals surface area contributed by atoms with Gasteiger partial charge in [-0.1, -0.05) is 18.2 Å². The Kier molecular flexibility index (Phi) is 6.10. The smallest absolute Gasteiger partial charge is 0.311 e. The molecular weight excluding hydrogens is 420 g/mol. The predicted molar refractivity (Wildman–Crippen MR) is 115 cm³/mol. The second-order valence-corrected chi connectivity index (χ2v) is 12.3. The zero-order valence-corrected chi connectivity index (χ0v) is 20.0. The molecule has 2 fully saturated rings. The highest BCUT2D eigenvalue weighted by molar-refractivity contribution is 7.92. The largest absolute Gasteiger partial charge is 0.469 e. The van der Waals surface area contributed by atoms with Crippen molar-refractivity contribution in [2.45, 2.75) is 80.5 Å². The minimum Gasteiger partial charge on any atom is -0.469 e. The number of fused-ring (bicyclic) bond motifs is 1. The van der Waals surface area contributed by atoms with Crippen molar-refractivity contribution in [2.75, 3.05) is 14.2 Å². The predicted octanol–water partition coefficient (Wildman–Crippen LogP) is 3.10. The molecule has 0 radical (unpaired) electrons. The van der Waals surface area contributed by atoms with Gasteiger partial charge in [-0.25, -0.2) is 8.42 Å². The van der Waals surface area contributed by atoms with Gasteiger partial charge in [0.1, 0.15) is 0 Å². The van der Waals surface area contributed by atoms with Crippen molar-refractivity contribution >= 4 is 15.8 Å². The summed E-state index contributed by atoms with van der Waals surface area (Å²) in [6.45, 7) is 6.86. The monoisotopic (exact) mass is 454 g/mol. The number of rotatable bonds is 6. The van der Waals surface area contributed by atoms with Crippen molar-refractivity contribution in [1.29, 1.82) is 0 Å². The Morgan fingerprint density at radius 3 is 2.26 bits per heavy atom. The second-order valence-electron chi connectivity index (χ2n) is 9.99. The number of aliphatic hydroxyl groups is 1. The van der Waals surface area contributed by atoms with Crippen molar-refractivity contribution in [1.82, 2.24) is 0 Å². The standard InChI is InChI=1S/C23H34O7S/c1-20(2,29-6)30-18-14-23(31(26,27)17-10-8-7-9-11-17)15-21(3,19(24)28-5)12-16(23)13-22(18,4)25/h7-11,16,18,25H,12-15H2,1-6H3/t16-,18+,21-,22-,23+/m0/s1. The van der Waals surface area contributed by atoms with E-state index in [2.05, 4.69) is 0 Å². The van der Waals surface area contributed by atoms with Gasteiger partial charge in [-0.2, -0.15) is 0 Å². The Morgan fingerprint density at radius 2 is 1.71 bits per heavy atom. The van der Waals surface area contributed by atoms with E-state index in [0.717, 1.165) is 0 Å². The van der Waals surface area contributed by atoms with Gasteiger partial charge in [0.05, 0.1) is 33.9 Å². The van der Waals surface area contributed by atoms with Gasteiger partial charge in [0.2, 0.25) is 0 Å². The van der Waals surface area contributed by atoms with Gasteiger partial charge in [-0.3, -0.25) is 4.79 Å². The number of hydrogen-bond acceptors (Lipinski definition) is 7. The summed E-state index contributed by atoms with van der Waals surface area (Å²) in [5.74, 6) is -1.87. The van der Waals surface area contributed by atoms with Crippen LogP contribution in [0.1, 0.15) is 53.4 Å². The fourth-order valence-corrected chi connectivity index (χ4v) is 7.96. The number of carbonyl (C=O) groups excluding carboxylic acids is 1. The molecule has 174 valence electrons. The van der Waals surface area contributed by atoms with Crippen LogP contribution in [-0.2, 0) is 28.8 Å². The van der Waals surface area contributed by atoms with Crippen molar-refractivity contribution in [3.8, 4) is 0 Å². The summed E-state index contributed by atoms with van der Waals surface area (Å²) < 4.78 is 43.4. The van der Waals surface area contributed by atoms with Gasteiger partial charge in [0.15, 0.2) is 15.6 Å². The van der Waals surface area contributed by atoms with Crippen LogP contribution in [0.25, 0.3) is 0 Å². The maximum absolute atomic E-state index is 14.1. The number of benzene rings is 1. The summed E-state index contributed by atoms with van der Waals surface area (Å²) in [5, 5.41) is 11.3. The van der Waals surface area contributed by atoms with Crippen LogP contribution in [0.2, 0.25) is 0 Å². The fraction of sp³-hybridized carbons (Fsp3) is 0.696. The lowest BCUT2D eigenvalue weighted by atomic mass is 9.71. The van der Waals surface area contributed by atoms with Gasteiger partial charge in [0.25, 0.3) is 0 Å². The molecular formula is C23H34O7S. The average Bonchev–Trinajstić information content (AvgIpc) is 3.01. The summed E-state index contributed by atoms with van der Waals surface area (Å²) in [6.07, 6.45) is -0.116. The van der Waals surface area contributed by atoms with E-state index in [1.165, 1.54) is 14.2 Å². The average molecular weight is 455 g/mol. The highest BCUT2D eigenvalue weighted by Crippen LogP contribution is 2.61. The van der Waals surface area contributed by atoms with Crippen LogP contribution in [0.5, 0.6) is 0 Å². The van der Waals surface area contributed by atoms with Crippen LogP contribution in [-0.4, -0.2) is 56.0 Å². The number of carbonyl (C=O) groups is 1. The molecule has 2 aliphatic carbocycles. The van der Waals surface area contributed by atoms with Crippen LogP contribution in [0.3, 0.4) is 0 Å². The molecule has 31 heavy (non-hydrogen) atoms. The van der Waals surface area contributed by atoms with Crippen LogP contribution in [0.15, 0.2) is 35.2 Å². The molecule has 0 amide bonds. The fourth-order valence-electron chi connectivity index (χ4n) is 5.49. The molecule has 0 unspecified atom stereocenters. The first-order valence-corrected chi connectivity index (χ1v) is 12.0. The Labute approximate surface area is 185 Å². The molecule has 2 saturated carbocycles. The molecule has 0 aliphatic heterocycles. The first kappa shape index (κ1) is 24.2. The van der Waals surface area contributed by atoms with Crippen molar-refractivity contribution in [2.24, 2.45) is 11.3 Å². The third kappa shape index (κ3) is 4.03. The number of sulfone groups is 1. The van der Waals surface area contributed by atoms with Crippen molar-refractivity contribution < 1.29 is 32.5 Å². The molecule has 2 aliphatic rings. The van der Waals surface area contributed by atoms with Gasteiger partial charge < -0.3 is 19.3 Å². The van der Waals surface area contributed by atoms with Gasteiger partial charge in [0, 0.05) is 7.11 Å². The third-order valence-electron chi connectivity index (χ3n) is 7.20. The molecule has 0 bridgehead atoms. The van der Waals surface area contributed by atoms with E-state index in [1.807, 2.05) is 0 Å². The normalized spacial score (nSPS) is 36.1. The molecule has 0 aromatic heterocycles. The maximum atomic E-state index is 14.1. The molecule has 1 aromatic rings. The molecule has 7 nitrogen and oxygen atoms in total. The third-order valence-corrected chi connectivity index (χ3v) is 9.81. The SMILES string of the molecule is COC(=O)[C@@]1(C)C[C@H]2C[C@](C)(O)[C@H](OC(C)(C)OC)C[C@@]2(S(=O)(=O)c2ccccc2)C1. The van der Waals surface area contributed by atoms with Gasteiger partial charge in [-0.05, 0) is 71.4 Å². The topological polar surface area (TPSA) is 99.1 Å². The van der Waals surface area contributed by atoms with E-state index in [0.29, 0.717) is 6.42 Å². The highest BCUT2D eigenvalue weighted by atomic mass is 32.2. The molecule has 1 N–H and O–H groups in total. The maximum Gasteiger partial charge on any atom is 0.311 e. The molecule has 0 saturated heterocycles. The van der Waals surface area contributed by atoms with E-state index < -0.39 is 49.4 Å². The first-order valence-electron chi connectivity index (χ1n) is 10.6. The number of esters is 1. The summed E-state index contributed by atoms with van der Waals surface area (Å²) in [5.41, 5.74) is -2.25. The lowest BCUT2D eigenvalue weighted by molar-refractivity contribution is -0.268. The number of methoxy groups -OCH3 is 2. The van der Waals surface area contributed by atoms with Crippen molar-refractivity contribution in [3.63, 3.8) is 0 Å². The molecule has 3 rings (SSSR count). The van der Waals surface area contributed by atoms with Gasteiger partial charge in [-0.15, -0.1) is 0 Å². The van der Waals surface area contributed by atoms with E-state index in [4.69, 9.17) is 14.2 Å². The minimum absolute atomic E-state index is 0.0568. The van der Waals surface area contributed by atoms with E-state index in [1.54, 1.807) is 58.0 Å². The van der Waals surface area contributed by atoms with E-state index >= 15 is 0 Å². The highest BCUT2D eigenvalue weighted by Gasteiger charge is 2.67. The zero-order chi connectivity index (χ0) is 23.3. The number of ether oxygens (including phenoxy) is 3. The quantitative estimate of drug-likeness (QED) is 0.521. The molecule has 0 spiro atoms. The molecule has 8 heteroatoms. The Balaban J connectivity index is 2.15. The molecule has 5 atom stereocenters. The van der Waals surface area contributed by atoms with E-state index in [9.17, 15) is 18.3 Å². The number of hydrogen-bond donors (Lipinski definition) is 1. The Morgan fingerprint density at radius 1 is 1.10 bits per heavy atom. The van der Waals surface area contributed by atoms with Crippen molar-refractivity contribution in [3.05, 3.63) is 30.3 Å². The van der Waals surface area contributed by atoms with Crippen LogP contribution in [0, 0.1) is 11.3 Å². The first-order chi connectivity index (χ1) is 14.2. The molecule has 1 aromatic carbocycles. The minimum atomic E-state index is -3.86. The van der Waals surface area contributed by atoms with E-state index in [-0.39, 0.29) is 24.2 Å². The molecule has 0 heterocycles. The summed E-state index contributed by atoms with van der Waals surface area (Å²) in [7, 11) is -1.04. The van der Waals surface area contributed by atoms with Crippen LogP contribution >= 0.6 is 0 Å². The Hall–Kier alpha value is -1.48.